The summed E-state index contributed by atoms with van der Waals surface area (Å²) in [7, 11) is 1.52. The fourth-order valence-corrected chi connectivity index (χ4v) is 3.56. The van der Waals surface area contributed by atoms with Gasteiger partial charge in [0.05, 0.1) is 13.7 Å². The molecule has 2 aliphatic heterocycles. The molecule has 0 aliphatic carbocycles. The molecule has 0 spiro atoms. The van der Waals surface area contributed by atoms with Gasteiger partial charge in [-0.2, -0.15) is 4.98 Å². The average Bonchev–Trinajstić information content (AvgIpc) is 2.73. The summed E-state index contributed by atoms with van der Waals surface area (Å²) in [6.45, 7) is 1.82. The molecule has 27 heavy (non-hydrogen) atoms. The van der Waals surface area contributed by atoms with Crippen LogP contribution in [0.5, 0.6) is 11.9 Å². The summed E-state index contributed by atoms with van der Waals surface area (Å²) in [6, 6.07) is 10.1. The van der Waals surface area contributed by atoms with Gasteiger partial charge in [0.25, 0.3) is 5.91 Å². The van der Waals surface area contributed by atoms with Crippen molar-refractivity contribution in [1.29, 1.82) is 0 Å². The van der Waals surface area contributed by atoms with Crippen molar-refractivity contribution >= 4 is 5.91 Å². The van der Waals surface area contributed by atoms with Crippen molar-refractivity contribution in [2.75, 3.05) is 20.2 Å². The standard InChI is InChI=1S/C20H23N3O4/c1-25-20-21-9-6-18(22-20)27-16-7-10-23(11-8-16)19(24)17-12-14-4-2-3-5-15(14)13-26-17/h2-6,9,16-17H,7-8,10-13H2,1H3. The molecule has 0 saturated carbocycles. The highest BCUT2D eigenvalue weighted by Crippen LogP contribution is 2.24. The van der Waals surface area contributed by atoms with E-state index in [2.05, 4.69) is 22.1 Å². The highest BCUT2D eigenvalue weighted by Gasteiger charge is 2.32. The number of fused-ring (bicyclic) bond motifs is 1. The monoisotopic (exact) mass is 369 g/mol. The van der Waals surface area contributed by atoms with Crippen LogP contribution >= 0.6 is 0 Å². The first-order valence-electron chi connectivity index (χ1n) is 9.24. The SMILES string of the molecule is COc1nccc(OC2CCN(C(=O)C3Cc4ccccc4CO3)CC2)n1. The maximum Gasteiger partial charge on any atom is 0.319 e. The summed E-state index contributed by atoms with van der Waals surface area (Å²) in [6.07, 6.45) is 3.43. The van der Waals surface area contributed by atoms with E-state index >= 15 is 0 Å². The Morgan fingerprint density at radius 3 is 2.74 bits per heavy atom. The number of hydrogen-bond acceptors (Lipinski definition) is 6. The molecule has 2 aliphatic rings. The molecule has 0 bridgehead atoms. The first-order chi connectivity index (χ1) is 13.2. The van der Waals surface area contributed by atoms with E-state index in [1.54, 1.807) is 12.3 Å². The number of carbonyl (C=O) groups is 1. The summed E-state index contributed by atoms with van der Waals surface area (Å²) in [5.41, 5.74) is 2.38. The second-order valence-corrected chi connectivity index (χ2v) is 6.80. The van der Waals surface area contributed by atoms with Gasteiger partial charge in [-0.25, -0.2) is 4.98 Å². The van der Waals surface area contributed by atoms with Crippen molar-refractivity contribution < 1.29 is 19.0 Å². The minimum Gasteiger partial charge on any atom is -0.474 e. The predicted molar refractivity (Wildman–Crippen MR) is 97.5 cm³/mol. The molecule has 1 aromatic carbocycles. The number of nitrogens with zero attached hydrogens (tertiary/aromatic N) is 3. The Labute approximate surface area is 158 Å². The Morgan fingerprint density at radius 1 is 1.19 bits per heavy atom. The van der Waals surface area contributed by atoms with Crippen molar-refractivity contribution in [3.05, 3.63) is 47.7 Å². The van der Waals surface area contributed by atoms with Crippen molar-refractivity contribution in [3.8, 4) is 11.9 Å². The lowest BCUT2D eigenvalue weighted by atomic mass is 9.98. The van der Waals surface area contributed by atoms with Crippen molar-refractivity contribution in [3.63, 3.8) is 0 Å². The molecule has 4 rings (SSSR count). The van der Waals surface area contributed by atoms with Gasteiger partial charge in [0.1, 0.15) is 12.2 Å². The number of methoxy groups -OCH3 is 1. The molecule has 1 atom stereocenters. The molecule has 1 fully saturated rings. The van der Waals surface area contributed by atoms with Gasteiger partial charge < -0.3 is 19.1 Å². The molecule has 142 valence electrons. The first-order valence-corrected chi connectivity index (χ1v) is 9.24. The van der Waals surface area contributed by atoms with Crippen LogP contribution in [0.2, 0.25) is 0 Å². The summed E-state index contributed by atoms with van der Waals surface area (Å²) in [5.74, 6) is 0.575. The van der Waals surface area contributed by atoms with Crippen LogP contribution in [0.15, 0.2) is 36.5 Å². The Kier molecular flexibility index (Phi) is 5.20. The second-order valence-electron chi connectivity index (χ2n) is 6.80. The van der Waals surface area contributed by atoms with Gasteiger partial charge in [-0.05, 0) is 11.1 Å². The van der Waals surface area contributed by atoms with E-state index in [0.717, 1.165) is 12.8 Å². The fourth-order valence-electron chi connectivity index (χ4n) is 3.56. The van der Waals surface area contributed by atoms with Gasteiger partial charge in [-0.15, -0.1) is 0 Å². The van der Waals surface area contributed by atoms with Gasteiger partial charge in [0.2, 0.25) is 5.88 Å². The highest BCUT2D eigenvalue weighted by atomic mass is 16.5. The van der Waals surface area contributed by atoms with E-state index in [0.29, 0.717) is 32.0 Å². The van der Waals surface area contributed by atoms with Crippen LogP contribution in [0.25, 0.3) is 0 Å². The highest BCUT2D eigenvalue weighted by molar-refractivity contribution is 5.81. The Balaban J connectivity index is 1.31. The van der Waals surface area contributed by atoms with E-state index in [1.165, 1.54) is 18.2 Å². The average molecular weight is 369 g/mol. The zero-order valence-corrected chi connectivity index (χ0v) is 15.3. The molecular weight excluding hydrogens is 346 g/mol. The van der Waals surface area contributed by atoms with Crippen molar-refractivity contribution in [1.82, 2.24) is 14.9 Å². The largest absolute Gasteiger partial charge is 0.474 e. The van der Waals surface area contributed by atoms with Gasteiger partial charge >= 0.3 is 6.01 Å². The number of hydrogen-bond donors (Lipinski definition) is 0. The smallest absolute Gasteiger partial charge is 0.319 e. The molecule has 0 N–H and O–H groups in total. The Bertz CT molecular complexity index is 805. The maximum atomic E-state index is 12.8. The lowest BCUT2D eigenvalue weighted by Crippen LogP contribution is -2.48. The van der Waals surface area contributed by atoms with E-state index in [1.807, 2.05) is 17.0 Å². The third-order valence-electron chi connectivity index (χ3n) is 5.07. The Morgan fingerprint density at radius 2 is 1.96 bits per heavy atom. The minimum atomic E-state index is -0.386. The third kappa shape index (κ3) is 4.03. The topological polar surface area (TPSA) is 73.8 Å². The van der Waals surface area contributed by atoms with Gasteiger partial charge in [0.15, 0.2) is 0 Å². The number of likely N-dealkylation sites (tertiary alicyclic amines) is 1. The summed E-state index contributed by atoms with van der Waals surface area (Å²) >= 11 is 0. The zero-order valence-electron chi connectivity index (χ0n) is 15.3. The van der Waals surface area contributed by atoms with Crippen LogP contribution in [0.1, 0.15) is 24.0 Å². The summed E-state index contributed by atoms with van der Waals surface area (Å²) < 4.78 is 16.7. The van der Waals surface area contributed by atoms with E-state index in [4.69, 9.17) is 14.2 Å². The van der Waals surface area contributed by atoms with Crippen molar-refractivity contribution in [2.45, 2.75) is 38.1 Å². The van der Waals surface area contributed by atoms with Crippen LogP contribution in [0.3, 0.4) is 0 Å². The molecule has 3 heterocycles. The number of piperidine rings is 1. The van der Waals surface area contributed by atoms with E-state index < -0.39 is 0 Å². The number of amides is 1. The number of aromatic nitrogens is 2. The molecule has 7 nitrogen and oxygen atoms in total. The molecule has 7 heteroatoms. The number of carbonyl (C=O) groups excluding carboxylic acids is 1. The van der Waals surface area contributed by atoms with Crippen LogP contribution in [0.4, 0.5) is 0 Å². The van der Waals surface area contributed by atoms with Crippen LogP contribution in [-0.2, 0) is 22.6 Å². The summed E-state index contributed by atoms with van der Waals surface area (Å²) in [5, 5.41) is 0. The van der Waals surface area contributed by atoms with Crippen LogP contribution in [0, 0.1) is 0 Å². The minimum absolute atomic E-state index is 0.0293. The number of rotatable bonds is 4. The van der Waals surface area contributed by atoms with E-state index in [9.17, 15) is 4.79 Å². The first kappa shape index (κ1) is 17.7. The molecular formula is C20H23N3O4. The third-order valence-corrected chi connectivity index (χ3v) is 5.07. The Hall–Kier alpha value is -2.67. The maximum absolute atomic E-state index is 12.8. The van der Waals surface area contributed by atoms with Crippen LogP contribution < -0.4 is 9.47 Å². The molecule has 1 unspecified atom stereocenters. The summed E-state index contributed by atoms with van der Waals surface area (Å²) in [4.78, 5) is 22.9. The van der Waals surface area contributed by atoms with Gasteiger partial charge in [-0.1, -0.05) is 24.3 Å². The lowest BCUT2D eigenvalue weighted by Gasteiger charge is -2.35. The molecule has 1 saturated heterocycles. The lowest BCUT2D eigenvalue weighted by molar-refractivity contribution is -0.147. The van der Waals surface area contributed by atoms with Gasteiger partial charge in [0, 0.05) is 44.6 Å². The van der Waals surface area contributed by atoms with E-state index in [-0.39, 0.29) is 24.1 Å². The molecule has 1 aromatic heterocycles. The zero-order chi connectivity index (χ0) is 18.6. The van der Waals surface area contributed by atoms with Crippen molar-refractivity contribution in [2.24, 2.45) is 0 Å². The quantitative estimate of drug-likeness (QED) is 0.821. The van der Waals surface area contributed by atoms with Crippen LogP contribution in [-0.4, -0.2) is 53.2 Å². The van der Waals surface area contributed by atoms with Gasteiger partial charge in [-0.3, -0.25) is 4.79 Å². The molecule has 1 amide bonds. The second kappa shape index (κ2) is 7.92. The number of benzene rings is 1. The number of ether oxygens (including phenoxy) is 3. The predicted octanol–water partition coefficient (Wildman–Crippen LogP) is 2.00. The fraction of sp³-hybridized carbons (Fsp3) is 0.450. The molecule has 2 aromatic rings. The normalized spacial score (nSPS) is 20.0. The molecule has 0 radical (unpaired) electrons.